The first-order valence-corrected chi connectivity index (χ1v) is 13.9. The predicted octanol–water partition coefficient (Wildman–Crippen LogP) is 10.1. The lowest BCUT2D eigenvalue weighted by Gasteiger charge is -2.45. The number of benzene rings is 6. The quantitative estimate of drug-likeness (QED) is 0.157. The molecule has 0 saturated heterocycles. The fourth-order valence-electron chi connectivity index (χ4n) is 6.91. The molecule has 0 atom stereocenters. The van der Waals surface area contributed by atoms with Gasteiger partial charge in [0.25, 0.3) is 0 Å². The molecular weight excluding hydrogens is 504 g/mol. The fourth-order valence-corrected chi connectivity index (χ4v) is 6.91. The second-order valence-electron chi connectivity index (χ2n) is 10.6. The summed E-state index contributed by atoms with van der Waals surface area (Å²) in [6.07, 6.45) is 0. The van der Waals surface area contributed by atoms with Gasteiger partial charge in [0.2, 0.25) is 0 Å². The zero-order chi connectivity index (χ0) is 27.0. The lowest BCUT2D eigenvalue weighted by molar-refractivity contribution is 0.400. The molecule has 1 aromatic heterocycles. The van der Waals surface area contributed by atoms with Crippen LogP contribution in [0.15, 0.2) is 144 Å². The van der Waals surface area contributed by atoms with Crippen LogP contribution in [0.2, 0.25) is 0 Å². The molecular formula is C38H23O3+. The lowest BCUT2D eigenvalue weighted by atomic mass is 9.62. The van der Waals surface area contributed by atoms with Gasteiger partial charge in [-0.15, -0.1) is 0 Å². The van der Waals surface area contributed by atoms with Crippen molar-refractivity contribution >= 4 is 21.9 Å². The van der Waals surface area contributed by atoms with Gasteiger partial charge in [0, 0.05) is 45.5 Å². The Labute approximate surface area is 236 Å². The Morgan fingerprint density at radius 1 is 0.415 bits per heavy atom. The van der Waals surface area contributed by atoms with Crippen molar-refractivity contribution in [3.63, 3.8) is 0 Å². The van der Waals surface area contributed by atoms with E-state index in [0.717, 1.165) is 78.3 Å². The Kier molecular flexibility index (Phi) is 4.53. The molecule has 3 heteroatoms. The molecule has 0 saturated carbocycles. The first-order chi connectivity index (χ1) is 20.3. The molecule has 3 heterocycles. The van der Waals surface area contributed by atoms with E-state index in [1.807, 2.05) is 42.5 Å². The second-order valence-corrected chi connectivity index (χ2v) is 10.6. The van der Waals surface area contributed by atoms with Crippen LogP contribution in [0.4, 0.5) is 0 Å². The third kappa shape index (κ3) is 2.95. The number of hydrogen-bond donors (Lipinski definition) is 0. The normalized spacial score (nSPS) is 14.0. The van der Waals surface area contributed by atoms with Crippen LogP contribution in [0.5, 0.6) is 23.0 Å². The molecule has 9 rings (SSSR count). The highest BCUT2D eigenvalue weighted by molar-refractivity contribution is 6.09. The Hall–Kier alpha value is -5.41. The van der Waals surface area contributed by atoms with E-state index in [1.54, 1.807) is 0 Å². The van der Waals surface area contributed by atoms with E-state index in [2.05, 4.69) is 97.1 Å². The average molecular weight is 528 g/mol. The Bertz CT molecular complexity index is 2060. The maximum absolute atomic E-state index is 6.95. The van der Waals surface area contributed by atoms with E-state index in [4.69, 9.17) is 13.9 Å². The minimum atomic E-state index is -0.629. The second kappa shape index (κ2) is 8.30. The zero-order valence-corrected chi connectivity index (χ0v) is 22.0. The molecule has 2 aliphatic heterocycles. The molecule has 0 N–H and O–H groups in total. The highest BCUT2D eigenvalue weighted by Gasteiger charge is 2.51. The maximum Gasteiger partial charge on any atom is 0.361 e. The average Bonchev–Trinajstić information content (AvgIpc) is 3.03. The molecule has 0 unspecified atom stereocenters. The minimum absolute atomic E-state index is 0.629. The maximum atomic E-state index is 6.95. The number of ether oxygens (including phenoxy) is 2. The van der Waals surface area contributed by atoms with Crippen molar-refractivity contribution in [2.24, 2.45) is 0 Å². The summed E-state index contributed by atoms with van der Waals surface area (Å²) in [5, 5.41) is 2.09. The van der Waals surface area contributed by atoms with Gasteiger partial charge in [-0.05, 0) is 30.3 Å². The van der Waals surface area contributed by atoms with E-state index < -0.39 is 5.41 Å². The third-order valence-corrected chi connectivity index (χ3v) is 8.53. The summed E-state index contributed by atoms with van der Waals surface area (Å²) in [6, 6.07) is 48.2. The van der Waals surface area contributed by atoms with Crippen LogP contribution >= 0.6 is 0 Å². The van der Waals surface area contributed by atoms with E-state index in [0.29, 0.717) is 0 Å². The van der Waals surface area contributed by atoms with Gasteiger partial charge < -0.3 is 9.47 Å². The molecule has 0 bridgehead atoms. The Morgan fingerprint density at radius 2 is 0.878 bits per heavy atom. The molecule has 3 nitrogen and oxygen atoms in total. The molecule has 1 spiro atoms. The van der Waals surface area contributed by atoms with E-state index in [1.165, 1.54) is 0 Å². The van der Waals surface area contributed by atoms with Gasteiger partial charge in [0.1, 0.15) is 23.0 Å². The summed E-state index contributed by atoms with van der Waals surface area (Å²) in [5.41, 5.74) is 7.57. The van der Waals surface area contributed by atoms with Crippen molar-refractivity contribution in [3.05, 3.63) is 162 Å². The third-order valence-electron chi connectivity index (χ3n) is 8.53. The summed E-state index contributed by atoms with van der Waals surface area (Å²) < 4.78 is 19.8. The van der Waals surface area contributed by atoms with Gasteiger partial charge in [-0.2, -0.15) is 0 Å². The molecule has 6 aromatic carbocycles. The number of hydrogen-bond acceptors (Lipinski definition) is 2. The fraction of sp³-hybridized carbons (Fsp3) is 0.0263. The molecule has 0 fully saturated rings. The van der Waals surface area contributed by atoms with Crippen molar-refractivity contribution in [1.82, 2.24) is 0 Å². The molecule has 0 aliphatic carbocycles. The van der Waals surface area contributed by atoms with E-state index in [9.17, 15) is 0 Å². The standard InChI is InChI=1S/C38H23O3/c1-6-19-31-24(12-1)36(25-13-2-7-20-32(25)39-31)26-14-11-18-30-37(26)41-35-23-10-5-17-29(35)38(30)27-15-3-8-21-33(27)40-34-22-9-4-16-28(34)38/h1-23H/q+1. The van der Waals surface area contributed by atoms with E-state index in [-0.39, 0.29) is 0 Å². The van der Waals surface area contributed by atoms with Crippen molar-refractivity contribution in [1.29, 1.82) is 0 Å². The molecule has 0 amide bonds. The van der Waals surface area contributed by atoms with E-state index >= 15 is 0 Å². The summed E-state index contributed by atoms with van der Waals surface area (Å²) in [4.78, 5) is 0. The SMILES string of the molecule is c1ccc2c(c1)Oc1ccccc1C21c2ccccc2Oc2c(-c3c4ccccc4[o+]c4ccccc34)cccc21. The van der Waals surface area contributed by atoms with Crippen LogP contribution < -0.4 is 9.47 Å². The van der Waals surface area contributed by atoms with Gasteiger partial charge in [-0.1, -0.05) is 97.1 Å². The monoisotopic (exact) mass is 527 g/mol. The lowest BCUT2D eigenvalue weighted by Crippen LogP contribution is -2.36. The van der Waals surface area contributed by atoms with Crippen molar-refractivity contribution in [2.75, 3.05) is 0 Å². The summed E-state index contributed by atoms with van der Waals surface area (Å²) in [6.45, 7) is 0. The molecule has 0 radical (unpaired) electrons. The van der Waals surface area contributed by atoms with Crippen molar-refractivity contribution in [2.45, 2.75) is 5.41 Å². The van der Waals surface area contributed by atoms with Crippen LogP contribution in [0.3, 0.4) is 0 Å². The number of para-hydroxylation sites is 6. The first-order valence-electron chi connectivity index (χ1n) is 13.9. The van der Waals surface area contributed by atoms with Crippen molar-refractivity contribution < 1.29 is 13.9 Å². The molecule has 41 heavy (non-hydrogen) atoms. The minimum Gasteiger partial charge on any atom is -0.457 e. The van der Waals surface area contributed by atoms with Crippen LogP contribution in [0.25, 0.3) is 33.1 Å². The summed E-state index contributed by atoms with van der Waals surface area (Å²) >= 11 is 0. The van der Waals surface area contributed by atoms with Gasteiger partial charge in [-0.25, -0.2) is 4.42 Å². The summed E-state index contributed by atoms with van der Waals surface area (Å²) in [7, 11) is 0. The largest absolute Gasteiger partial charge is 0.457 e. The van der Waals surface area contributed by atoms with Crippen LogP contribution in [-0.2, 0) is 5.41 Å². The van der Waals surface area contributed by atoms with Crippen LogP contribution in [0, 0.1) is 0 Å². The van der Waals surface area contributed by atoms with Gasteiger partial charge in [0.05, 0.1) is 16.2 Å². The van der Waals surface area contributed by atoms with Crippen LogP contribution in [0.1, 0.15) is 22.3 Å². The predicted molar refractivity (Wildman–Crippen MR) is 162 cm³/mol. The Balaban J connectivity index is 1.47. The highest BCUT2D eigenvalue weighted by atomic mass is 16.5. The molecule has 7 aromatic rings. The Morgan fingerprint density at radius 3 is 1.46 bits per heavy atom. The number of fused-ring (bicyclic) bond motifs is 10. The van der Waals surface area contributed by atoms with Crippen LogP contribution in [-0.4, -0.2) is 0 Å². The zero-order valence-electron chi connectivity index (χ0n) is 22.0. The highest BCUT2D eigenvalue weighted by Crippen LogP contribution is 2.62. The van der Waals surface area contributed by atoms with Gasteiger partial charge in [-0.3, -0.25) is 0 Å². The number of rotatable bonds is 1. The smallest absolute Gasteiger partial charge is 0.361 e. The topological polar surface area (TPSA) is 29.8 Å². The van der Waals surface area contributed by atoms with Gasteiger partial charge >= 0.3 is 11.2 Å². The first kappa shape index (κ1) is 22.4. The molecule has 192 valence electrons. The molecule has 2 aliphatic rings. The van der Waals surface area contributed by atoms with Crippen molar-refractivity contribution in [3.8, 4) is 34.1 Å². The summed E-state index contributed by atoms with van der Waals surface area (Å²) in [5.74, 6) is 3.40. The van der Waals surface area contributed by atoms with Gasteiger partial charge in [0.15, 0.2) is 0 Å².